The Morgan fingerprint density at radius 1 is 1.80 bits per heavy atom. The van der Waals surface area contributed by atoms with E-state index >= 15 is 0 Å². The Morgan fingerprint density at radius 2 is 2.40 bits per heavy atom. The Morgan fingerprint density at radius 3 is 2.40 bits per heavy atom. The van der Waals surface area contributed by atoms with E-state index in [1.807, 2.05) is 13.2 Å². The minimum absolute atomic E-state index is 0.932. The first-order valence-electron chi connectivity index (χ1n) is 1.61. The molecule has 0 amide bonds. The molecule has 2 heteroatoms. The normalized spacial score (nSPS) is 8.40. The van der Waals surface area contributed by atoms with Crippen LogP contribution in [0, 0.1) is 0 Å². The van der Waals surface area contributed by atoms with E-state index in [4.69, 9.17) is 0 Å². The van der Waals surface area contributed by atoms with Crippen molar-refractivity contribution in [3.8, 4) is 0 Å². The van der Waals surface area contributed by atoms with Crippen molar-refractivity contribution < 1.29 is 0 Å². The second kappa shape index (κ2) is 4.31. The van der Waals surface area contributed by atoms with Crippen LogP contribution in [0.2, 0.25) is 0 Å². The van der Waals surface area contributed by atoms with Crippen molar-refractivity contribution >= 4 is 11.9 Å². The molecule has 0 atom stereocenters. The standard InChI is InChI=1S/C3H8NS/c1-3-4-5-2/h3H2,1-2H3. The fourth-order valence-electron chi connectivity index (χ4n) is 0.129. The molecule has 0 aromatic carbocycles. The van der Waals surface area contributed by atoms with Crippen LogP contribution in [-0.4, -0.2) is 12.8 Å². The van der Waals surface area contributed by atoms with Crippen molar-refractivity contribution in [2.24, 2.45) is 0 Å². The zero-order valence-corrected chi connectivity index (χ0v) is 4.38. The first kappa shape index (κ1) is 5.31. The van der Waals surface area contributed by atoms with E-state index < -0.39 is 0 Å². The molecule has 0 aliphatic rings. The van der Waals surface area contributed by atoms with Gasteiger partial charge in [0.2, 0.25) is 0 Å². The zero-order valence-electron chi connectivity index (χ0n) is 3.56. The lowest BCUT2D eigenvalue weighted by molar-refractivity contribution is 1.02. The van der Waals surface area contributed by atoms with Crippen LogP contribution in [0.4, 0.5) is 0 Å². The Labute approximate surface area is 37.3 Å². The quantitative estimate of drug-likeness (QED) is 0.459. The van der Waals surface area contributed by atoms with Gasteiger partial charge in [0.15, 0.2) is 0 Å². The van der Waals surface area contributed by atoms with Crippen LogP contribution in [0.25, 0.3) is 0 Å². The molecule has 0 fully saturated rings. The number of nitrogens with zero attached hydrogens (tertiary/aromatic N) is 1. The smallest absolute Gasteiger partial charge is 0.0228 e. The van der Waals surface area contributed by atoms with Gasteiger partial charge in [-0.2, -0.15) is 4.72 Å². The fraction of sp³-hybridized carbons (Fsp3) is 1.00. The van der Waals surface area contributed by atoms with Crippen LogP contribution in [0.3, 0.4) is 0 Å². The van der Waals surface area contributed by atoms with Crippen molar-refractivity contribution in [3.63, 3.8) is 0 Å². The van der Waals surface area contributed by atoms with Gasteiger partial charge >= 0.3 is 0 Å². The highest BCUT2D eigenvalue weighted by Crippen LogP contribution is 1.79. The summed E-state index contributed by atoms with van der Waals surface area (Å²) in [6.45, 7) is 2.96. The van der Waals surface area contributed by atoms with Crippen LogP contribution in [0.15, 0.2) is 0 Å². The summed E-state index contributed by atoms with van der Waals surface area (Å²) in [5, 5.41) is 0. The Hall–Kier alpha value is 0.310. The molecule has 0 aromatic heterocycles. The van der Waals surface area contributed by atoms with Crippen LogP contribution < -0.4 is 4.72 Å². The second-order valence-electron chi connectivity index (χ2n) is 0.628. The molecule has 0 saturated carbocycles. The Bertz CT molecular complexity index is 14.4. The summed E-state index contributed by atoms with van der Waals surface area (Å²) in [6, 6.07) is 0. The summed E-state index contributed by atoms with van der Waals surface area (Å²) in [5.74, 6) is 0. The third-order valence-corrected chi connectivity index (χ3v) is 0.775. The molecule has 0 heterocycles. The minimum atomic E-state index is 0.932. The summed E-state index contributed by atoms with van der Waals surface area (Å²) >= 11 is 1.53. The van der Waals surface area contributed by atoms with Gasteiger partial charge in [0.25, 0.3) is 0 Å². The first-order valence-corrected chi connectivity index (χ1v) is 2.80. The van der Waals surface area contributed by atoms with Gasteiger partial charge in [0.1, 0.15) is 0 Å². The number of rotatable bonds is 2. The molecule has 0 aromatic rings. The molecule has 1 nitrogen and oxygen atoms in total. The lowest BCUT2D eigenvalue weighted by Gasteiger charge is -1.81. The molecular weight excluding hydrogens is 82.1 g/mol. The van der Waals surface area contributed by atoms with Crippen molar-refractivity contribution in [1.82, 2.24) is 4.72 Å². The van der Waals surface area contributed by atoms with Gasteiger partial charge in [0, 0.05) is 6.54 Å². The van der Waals surface area contributed by atoms with Crippen molar-refractivity contribution in [2.45, 2.75) is 6.92 Å². The zero-order chi connectivity index (χ0) is 4.12. The predicted octanol–water partition coefficient (Wildman–Crippen LogP) is 0.889. The van der Waals surface area contributed by atoms with E-state index in [0.717, 1.165) is 6.54 Å². The highest BCUT2D eigenvalue weighted by atomic mass is 32.2. The Kier molecular flexibility index (Phi) is 4.58. The highest BCUT2D eigenvalue weighted by Gasteiger charge is 1.66. The molecule has 31 valence electrons. The van der Waals surface area contributed by atoms with Crippen molar-refractivity contribution in [1.29, 1.82) is 0 Å². The average molecular weight is 90.2 g/mol. The summed E-state index contributed by atoms with van der Waals surface area (Å²) < 4.78 is 3.89. The summed E-state index contributed by atoms with van der Waals surface area (Å²) in [5.41, 5.74) is 0. The molecular formula is C3H8NS. The van der Waals surface area contributed by atoms with Crippen LogP contribution >= 0.6 is 11.9 Å². The first-order chi connectivity index (χ1) is 2.41. The van der Waals surface area contributed by atoms with Crippen molar-refractivity contribution in [3.05, 3.63) is 0 Å². The summed E-state index contributed by atoms with van der Waals surface area (Å²) in [4.78, 5) is 0. The molecule has 0 spiro atoms. The van der Waals surface area contributed by atoms with Gasteiger partial charge in [-0.25, -0.2) is 0 Å². The molecule has 0 rings (SSSR count). The van der Waals surface area contributed by atoms with E-state index in [-0.39, 0.29) is 0 Å². The predicted molar refractivity (Wildman–Crippen MR) is 26.2 cm³/mol. The lowest BCUT2D eigenvalue weighted by atomic mass is 10.8. The van der Waals surface area contributed by atoms with Crippen LogP contribution in [0.1, 0.15) is 6.92 Å². The molecule has 0 aliphatic heterocycles. The molecule has 0 saturated heterocycles. The van der Waals surface area contributed by atoms with E-state index in [2.05, 4.69) is 4.72 Å². The molecule has 5 heavy (non-hydrogen) atoms. The maximum atomic E-state index is 3.89. The van der Waals surface area contributed by atoms with Crippen LogP contribution in [0.5, 0.6) is 0 Å². The maximum Gasteiger partial charge on any atom is 0.0228 e. The van der Waals surface area contributed by atoms with Gasteiger partial charge in [0.05, 0.1) is 0 Å². The minimum Gasteiger partial charge on any atom is -0.176 e. The molecule has 0 bridgehead atoms. The van der Waals surface area contributed by atoms with E-state index in [1.54, 1.807) is 0 Å². The molecule has 0 unspecified atom stereocenters. The van der Waals surface area contributed by atoms with Gasteiger partial charge in [-0.3, -0.25) is 0 Å². The van der Waals surface area contributed by atoms with Crippen molar-refractivity contribution in [2.75, 3.05) is 12.8 Å². The SMILES string of the molecule is CC[N]SC. The van der Waals surface area contributed by atoms with Gasteiger partial charge in [-0.15, -0.1) is 0 Å². The molecule has 0 aliphatic carbocycles. The third kappa shape index (κ3) is 4.31. The van der Waals surface area contributed by atoms with E-state index in [0.29, 0.717) is 0 Å². The summed E-state index contributed by atoms with van der Waals surface area (Å²) in [7, 11) is 0. The lowest BCUT2D eigenvalue weighted by Crippen LogP contribution is -1.86. The molecule has 0 N–H and O–H groups in total. The monoisotopic (exact) mass is 90.0 g/mol. The average Bonchev–Trinajstić information content (AvgIpc) is 1.41. The third-order valence-electron chi connectivity index (χ3n) is 0.258. The Balaban J connectivity index is 2.19. The number of hydrogen-bond donors (Lipinski definition) is 0. The summed E-state index contributed by atoms with van der Waals surface area (Å²) in [6.07, 6.45) is 1.96. The van der Waals surface area contributed by atoms with E-state index in [9.17, 15) is 0 Å². The van der Waals surface area contributed by atoms with Gasteiger partial charge in [-0.05, 0) is 13.2 Å². The largest absolute Gasteiger partial charge is 0.176 e. The van der Waals surface area contributed by atoms with E-state index in [1.165, 1.54) is 11.9 Å². The van der Waals surface area contributed by atoms with Crippen LogP contribution in [-0.2, 0) is 0 Å². The second-order valence-corrected chi connectivity index (χ2v) is 1.25. The topological polar surface area (TPSA) is 14.1 Å². The number of hydrogen-bond acceptors (Lipinski definition) is 1. The van der Waals surface area contributed by atoms with Gasteiger partial charge in [-0.1, -0.05) is 11.9 Å². The molecule has 1 radical (unpaired) electrons. The highest BCUT2D eigenvalue weighted by molar-refractivity contribution is 7.96. The maximum absolute atomic E-state index is 3.89. The van der Waals surface area contributed by atoms with Gasteiger partial charge < -0.3 is 0 Å². The fourth-order valence-corrected chi connectivity index (χ4v) is 0.387.